The Morgan fingerprint density at radius 3 is 2.95 bits per heavy atom. The molecule has 0 saturated heterocycles. The first-order valence-electron chi connectivity index (χ1n) is 7.48. The molecule has 0 atom stereocenters. The summed E-state index contributed by atoms with van der Waals surface area (Å²) in [7, 11) is 0. The van der Waals surface area contributed by atoms with Gasteiger partial charge in [0, 0.05) is 18.5 Å². The van der Waals surface area contributed by atoms with Gasteiger partial charge in [-0.15, -0.1) is 0 Å². The zero-order valence-corrected chi connectivity index (χ0v) is 12.7. The van der Waals surface area contributed by atoms with Crippen LogP contribution in [0, 0.1) is 0 Å². The molecule has 1 aliphatic carbocycles. The summed E-state index contributed by atoms with van der Waals surface area (Å²) in [6.07, 6.45) is 7.82. The van der Waals surface area contributed by atoms with Crippen molar-refractivity contribution in [1.82, 2.24) is 20.2 Å². The number of hydrogen-bond acceptors (Lipinski definition) is 5. The quantitative estimate of drug-likeness (QED) is 0.465. The number of hydrogen-bond donors (Lipinski definition) is 4. The summed E-state index contributed by atoms with van der Waals surface area (Å²) in [5.41, 5.74) is 14.2. The monoisotopic (exact) mass is 302 g/mol. The van der Waals surface area contributed by atoms with E-state index in [0.29, 0.717) is 12.4 Å². The van der Waals surface area contributed by atoms with E-state index in [1.165, 1.54) is 0 Å². The van der Waals surface area contributed by atoms with Crippen molar-refractivity contribution in [2.75, 3.05) is 6.54 Å². The van der Waals surface area contributed by atoms with E-state index in [4.69, 9.17) is 11.5 Å². The minimum absolute atomic E-state index is 0.0747. The number of fused-ring (bicyclic) bond motifs is 1. The highest BCUT2D eigenvalue weighted by Crippen LogP contribution is 2.34. The summed E-state index contributed by atoms with van der Waals surface area (Å²) in [5, 5.41) is 2.91. The maximum atomic E-state index is 11.9. The van der Waals surface area contributed by atoms with E-state index in [1.807, 2.05) is 11.8 Å². The number of nitrogens with two attached hydrogens (primary N) is 2. The number of amides is 1. The number of nitrogens with one attached hydrogen (secondary N) is 2. The summed E-state index contributed by atoms with van der Waals surface area (Å²) in [5.74, 6) is 0.354. The Morgan fingerprint density at radius 2 is 2.23 bits per heavy atom. The molecule has 118 valence electrons. The lowest BCUT2D eigenvalue weighted by Crippen LogP contribution is -2.37. The molecule has 1 fully saturated rings. The van der Waals surface area contributed by atoms with Crippen molar-refractivity contribution in [3.63, 3.8) is 0 Å². The van der Waals surface area contributed by atoms with E-state index in [1.54, 1.807) is 18.5 Å². The summed E-state index contributed by atoms with van der Waals surface area (Å²) in [6, 6.07) is 0. The molecule has 22 heavy (non-hydrogen) atoms. The summed E-state index contributed by atoms with van der Waals surface area (Å²) >= 11 is 0. The molecule has 1 aromatic heterocycles. The first-order chi connectivity index (χ1) is 10.5. The van der Waals surface area contributed by atoms with Gasteiger partial charge < -0.3 is 26.7 Å². The Balaban J connectivity index is 1.62. The number of carbonyl (C=O) groups excluding carboxylic acids is 1. The average Bonchev–Trinajstić information content (AvgIpc) is 3.03. The molecule has 0 bridgehead atoms. The fourth-order valence-electron chi connectivity index (χ4n) is 2.45. The predicted octanol–water partition coefficient (Wildman–Crippen LogP) is 0.0792. The van der Waals surface area contributed by atoms with Gasteiger partial charge in [0.05, 0.1) is 35.8 Å². The van der Waals surface area contributed by atoms with E-state index in [-0.39, 0.29) is 17.1 Å². The van der Waals surface area contributed by atoms with Crippen LogP contribution >= 0.6 is 0 Å². The van der Waals surface area contributed by atoms with Crippen LogP contribution in [0.1, 0.15) is 31.2 Å². The number of aromatic amines is 1. The topological polar surface area (TPSA) is 113 Å². The number of rotatable bonds is 4. The molecule has 0 radical (unpaired) electrons. The van der Waals surface area contributed by atoms with Gasteiger partial charge in [-0.05, 0) is 31.9 Å². The normalized spacial score (nSPS) is 20.5. The molecule has 7 nitrogen and oxygen atoms in total. The summed E-state index contributed by atoms with van der Waals surface area (Å²) < 4.78 is 0. The minimum atomic E-state index is -0.237. The second-order valence-electron chi connectivity index (χ2n) is 6.23. The van der Waals surface area contributed by atoms with Gasteiger partial charge in [0.15, 0.2) is 0 Å². The Hall–Kier alpha value is -2.44. The minimum Gasteiger partial charge on any atom is -0.394 e. The molecule has 2 aliphatic rings. The molecule has 0 unspecified atom stereocenters. The average molecular weight is 302 g/mol. The number of carbonyl (C=O) groups is 1. The van der Waals surface area contributed by atoms with Crippen molar-refractivity contribution < 1.29 is 4.79 Å². The molecule has 2 heterocycles. The Bertz CT molecular complexity index is 640. The molecular formula is C15H22N6O. The maximum absolute atomic E-state index is 11.9. The molecular weight excluding hydrogens is 280 g/mol. The highest BCUT2D eigenvalue weighted by molar-refractivity contribution is 5.93. The zero-order valence-electron chi connectivity index (χ0n) is 12.7. The van der Waals surface area contributed by atoms with Gasteiger partial charge in [0.2, 0.25) is 0 Å². The van der Waals surface area contributed by atoms with E-state index >= 15 is 0 Å². The van der Waals surface area contributed by atoms with Gasteiger partial charge in [-0.2, -0.15) is 0 Å². The fourth-order valence-corrected chi connectivity index (χ4v) is 2.45. The fraction of sp³-hybridized carbons (Fsp3) is 0.467. The van der Waals surface area contributed by atoms with Crippen molar-refractivity contribution in [2.24, 2.45) is 11.5 Å². The van der Waals surface area contributed by atoms with Crippen LogP contribution in [0.5, 0.6) is 0 Å². The highest BCUT2D eigenvalue weighted by Gasteiger charge is 2.38. The summed E-state index contributed by atoms with van der Waals surface area (Å²) in [6.45, 7) is 3.51. The van der Waals surface area contributed by atoms with Gasteiger partial charge in [0.1, 0.15) is 0 Å². The van der Waals surface area contributed by atoms with Crippen LogP contribution in [0.4, 0.5) is 0 Å². The Labute approximate surface area is 129 Å². The Morgan fingerprint density at radius 1 is 1.45 bits per heavy atom. The van der Waals surface area contributed by atoms with E-state index < -0.39 is 0 Å². The number of imidazole rings is 1. The molecule has 7 heteroatoms. The van der Waals surface area contributed by atoms with Crippen LogP contribution in [0.2, 0.25) is 0 Å². The van der Waals surface area contributed by atoms with Crippen LogP contribution in [0.15, 0.2) is 30.0 Å². The van der Waals surface area contributed by atoms with Crippen molar-refractivity contribution >= 4 is 5.91 Å². The van der Waals surface area contributed by atoms with Gasteiger partial charge in [-0.25, -0.2) is 4.98 Å². The summed E-state index contributed by atoms with van der Waals surface area (Å²) in [4.78, 5) is 21.3. The highest BCUT2D eigenvalue weighted by atomic mass is 16.2. The van der Waals surface area contributed by atoms with E-state index in [0.717, 1.165) is 37.2 Å². The van der Waals surface area contributed by atoms with Crippen LogP contribution in [-0.4, -0.2) is 32.9 Å². The third kappa shape index (κ3) is 3.08. The lowest BCUT2D eigenvalue weighted by atomic mass is 10.1. The molecule has 1 aliphatic heterocycles. The van der Waals surface area contributed by atoms with Crippen molar-refractivity contribution in [3.8, 4) is 0 Å². The third-order valence-electron chi connectivity index (χ3n) is 4.25. The van der Waals surface area contributed by atoms with E-state index in [2.05, 4.69) is 15.3 Å². The smallest absolute Gasteiger partial charge is 0.267 e. The first-order valence-corrected chi connectivity index (χ1v) is 7.48. The molecule has 0 spiro atoms. The zero-order chi connectivity index (χ0) is 15.7. The van der Waals surface area contributed by atoms with Crippen LogP contribution in [-0.2, 0) is 17.8 Å². The number of H-pyrrole nitrogens is 1. The van der Waals surface area contributed by atoms with Crippen LogP contribution in [0.25, 0.3) is 0 Å². The molecule has 0 aromatic carbocycles. The second-order valence-corrected chi connectivity index (χ2v) is 6.23. The van der Waals surface area contributed by atoms with E-state index in [9.17, 15) is 4.79 Å². The first kappa shape index (κ1) is 14.5. The number of aromatic nitrogens is 2. The SMILES string of the molecule is CC1(NC(=O)/C(N)=C/C=C(\N)N2CCc3nc[nH]c3C2)CC1. The van der Waals surface area contributed by atoms with Gasteiger partial charge >= 0.3 is 0 Å². The lowest BCUT2D eigenvalue weighted by molar-refractivity contribution is -0.118. The van der Waals surface area contributed by atoms with Crippen molar-refractivity contribution in [2.45, 2.75) is 38.3 Å². The third-order valence-corrected chi connectivity index (χ3v) is 4.25. The molecule has 3 rings (SSSR count). The maximum Gasteiger partial charge on any atom is 0.267 e. The van der Waals surface area contributed by atoms with Gasteiger partial charge in [-0.1, -0.05) is 0 Å². The predicted molar refractivity (Wildman–Crippen MR) is 83.0 cm³/mol. The Kier molecular flexibility index (Phi) is 3.56. The second kappa shape index (κ2) is 5.40. The molecule has 1 amide bonds. The molecule has 6 N–H and O–H groups in total. The number of nitrogens with zero attached hydrogens (tertiary/aromatic N) is 2. The van der Waals surface area contributed by atoms with Gasteiger partial charge in [0.25, 0.3) is 5.91 Å². The lowest BCUT2D eigenvalue weighted by Gasteiger charge is -2.28. The van der Waals surface area contributed by atoms with Crippen LogP contribution in [0.3, 0.4) is 0 Å². The van der Waals surface area contributed by atoms with Gasteiger partial charge in [-0.3, -0.25) is 4.79 Å². The largest absolute Gasteiger partial charge is 0.394 e. The van der Waals surface area contributed by atoms with Crippen LogP contribution < -0.4 is 16.8 Å². The van der Waals surface area contributed by atoms with Crippen molar-refractivity contribution in [3.05, 3.63) is 41.4 Å². The standard InChI is InChI=1S/C15H22N6O/c1-15(5-6-15)20-14(22)10(16)2-3-13(17)21-7-4-11-12(8-21)19-9-18-11/h2-3,9H,4-8,16-17H2,1H3,(H,18,19)(H,20,22)/b10-2-,13-3+. The van der Waals surface area contributed by atoms with Crippen molar-refractivity contribution in [1.29, 1.82) is 0 Å². The molecule has 1 aromatic rings. The molecule has 1 saturated carbocycles. The number of allylic oxidation sites excluding steroid dienone is 2.